The number of hydrogen-bond donors (Lipinski definition) is 2. The lowest BCUT2D eigenvalue weighted by molar-refractivity contribution is 0.471. The Bertz CT molecular complexity index is 726. The van der Waals surface area contributed by atoms with Crippen molar-refractivity contribution in [1.29, 1.82) is 0 Å². The molecule has 0 atom stereocenters. The van der Waals surface area contributed by atoms with Crippen LogP contribution in [-0.2, 0) is 0 Å². The molecule has 3 nitrogen and oxygen atoms in total. The zero-order valence-electron chi connectivity index (χ0n) is 9.42. The molecule has 2 aromatic carbocycles. The van der Waals surface area contributed by atoms with E-state index in [1.54, 1.807) is 12.1 Å². The van der Waals surface area contributed by atoms with E-state index in [2.05, 4.69) is 9.97 Å². The maximum atomic E-state index is 13.8. The van der Waals surface area contributed by atoms with E-state index in [0.29, 0.717) is 21.1 Å². The summed E-state index contributed by atoms with van der Waals surface area (Å²) in [6, 6.07) is 7.25. The first-order valence-corrected chi connectivity index (χ1v) is 6.14. The number of rotatable bonds is 1. The molecule has 0 amide bonds. The zero-order chi connectivity index (χ0) is 13.6. The molecule has 0 aliphatic heterocycles. The van der Waals surface area contributed by atoms with Crippen LogP contribution in [0.5, 0.6) is 5.75 Å². The van der Waals surface area contributed by atoms with Crippen LogP contribution >= 0.6 is 23.2 Å². The van der Waals surface area contributed by atoms with Crippen LogP contribution in [-0.4, -0.2) is 15.1 Å². The van der Waals surface area contributed by atoms with Crippen molar-refractivity contribution in [1.82, 2.24) is 9.97 Å². The largest absolute Gasteiger partial charge is 0.507 e. The summed E-state index contributed by atoms with van der Waals surface area (Å²) in [5.74, 6) is -0.517. The summed E-state index contributed by atoms with van der Waals surface area (Å²) in [6.45, 7) is 0. The van der Waals surface area contributed by atoms with Gasteiger partial charge in [0, 0.05) is 0 Å². The zero-order valence-corrected chi connectivity index (χ0v) is 10.9. The van der Waals surface area contributed by atoms with Crippen molar-refractivity contribution in [3.8, 4) is 17.1 Å². The average molecular weight is 297 g/mol. The lowest BCUT2D eigenvalue weighted by atomic mass is 10.2. The number of nitrogens with zero attached hydrogens (tertiary/aromatic N) is 1. The number of aromatic amines is 1. The first-order valence-electron chi connectivity index (χ1n) is 5.39. The monoisotopic (exact) mass is 296 g/mol. The number of benzene rings is 2. The highest BCUT2D eigenvalue weighted by molar-refractivity contribution is 6.42. The Morgan fingerprint density at radius 1 is 1.16 bits per heavy atom. The summed E-state index contributed by atoms with van der Waals surface area (Å²) < 4.78 is 13.8. The number of phenols is 1. The van der Waals surface area contributed by atoms with E-state index < -0.39 is 5.82 Å². The van der Waals surface area contributed by atoms with Gasteiger partial charge in [0.15, 0.2) is 0 Å². The molecule has 3 aromatic rings. The molecule has 0 fully saturated rings. The van der Waals surface area contributed by atoms with Crippen molar-refractivity contribution >= 4 is 34.2 Å². The van der Waals surface area contributed by atoms with E-state index in [0.717, 1.165) is 0 Å². The second-order valence-corrected chi connectivity index (χ2v) is 4.82. The molecule has 19 heavy (non-hydrogen) atoms. The Morgan fingerprint density at radius 3 is 2.63 bits per heavy atom. The number of imidazole rings is 1. The van der Waals surface area contributed by atoms with Crippen LogP contribution in [0.1, 0.15) is 0 Å². The maximum absolute atomic E-state index is 13.8. The van der Waals surface area contributed by atoms with Gasteiger partial charge in [0.05, 0.1) is 26.6 Å². The third kappa shape index (κ3) is 2.03. The molecule has 0 unspecified atom stereocenters. The van der Waals surface area contributed by atoms with Crippen LogP contribution in [0.15, 0.2) is 30.3 Å². The molecule has 0 saturated heterocycles. The summed E-state index contributed by atoms with van der Waals surface area (Å²) in [5, 5.41) is 10.5. The van der Waals surface area contributed by atoms with Gasteiger partial charge in [-0.1, -0.05) is 29.3 Å². The predicted molar refractivity (Wildman–Crippen MR) is 73.2 cm³/mol. The van der Waals surface area contributed by atoms with E-state index >= 15 is 0 Å². The Morgan fingerprint density at radius 2 is 1.89 bits per heavy atom. The molecular weight excluding hydrogens is 290 g/mol. The molecule has 0 aliphatic rings. The van der Waals surface area contributed by atoms with Gasteiger partial charge in [-0.3, -0.25) is 0 Å². The van der Waals surface area contributed by atoms with Crippen LogP contribution in [0.3, 0.4) is 0 Å². The number of aromatic nitrogens is 2. The normalized spacial score (nSPS) is 11.1. The van der Waals surface area contributed by atoms with Gasteiger partial charge in [0.2, 0.25) is 0 Å². The van der Waals surface area contributed by atoms with Gasteiger partial charge in [0.25, 0.3) is 0 Å². The molecule has 0 radical (unpaired) electrons. The number of fused-ring (bicyclic) bond motifs is 1. The molecule has 0 saturated carbocycles. The maximum Gasteiger partial charge on any atom is 0.145 e. The van der Waals surface area contributed by atoms with E-state index in [1.807, 2.05) is 0 Å². The van der Waals surface area contributed by atoms with Crippen molar-refractivity contribution in [3.63, 3.8) is 0 Å². The third-order valence-electron chi connectivity index (χ3n) is 2.75. The number of hydrogen-bond acceptors (Lipinski definition) is 2. The number of halogens is 3. The SMILES string of the molecule is Oc1cccc(F)c1-c1nc2cc(Cl)c(Cl)cc2[nH]1. The highest BCUT2D eigenvalue weighted by Crippen LogP contribution is 2.33. The van der Waals surface area contributed by atoms with Crippen LogP contribution in [0.2, 0.25) is 10.0 Å². The molecule has 1 heterocycles. The Labute approximate surface area is 117 Å². The summed E-state index contributed by atoms with van der Waals surface area (Å²) in [6.07, 6.45) is 0. The number of aromatic hydroxyl groups is 1. The van der Waals surface area contributed by atoms with Gasteiger partial charge in [-0.25, -0.2) is 9.37 Å². The number of phenolic OH excluding ortho intramolecular Hbond substituents is 1. The Balaban J connectivity index is 2.26. The average Bonchev–Trinajstić information content (AvgIpc) is 2.72. The predicted octanol–water partition coefficient (Wildman–Crippen LogP) is 4.38. The molecule has 3 rings (SSSR count). The van der Waals surface area contributed by atoms with Crippen LogP contribution in [0, 0.1) is 5.82 Å². The van der Waals surface area contributed by atoms with Crippen LogP contribution < -0.4 is 0 Å². The fourth-order valence-electron chi connectivity index (χ4n) is 1.87. The summed E-state index contributed by atoms with van der Waals surface area (Å²) in [7, 11) is 0. The van der Waals surface area contributed by atoms with E-state index in [-0.39, 0.29) is 17.1 Å². The molecule has 0 aliphatic carbocycles. The number of nitrogens with one attached hydrogen (secondary N) is 1. The minimum atomic E-state index is -0.559. The molecule has 0 bridgehead atoms. The highest BCUT2D eigenvalue weighted by atomic mass is 35.5. The van der Waals surface area contributed by atoms with Crippen molar-refractivity contribution in [2.75, 3.05) is 0 Å². The highest BCUT2D eigenvalue weighted by Gasteiger charge is 2.15. The molecule has 1 aromatic heterocycles. The Hall–Kier alpha value is -1.78. The second-order valence-electron chi connectivity index (χ2n) is 4.00. The van der Waals surface area contributed by atoms with E-state index in [4.69, 9.17) is 23.2 Å². The van der Waals surface area contributed by atoms with Crippen molar-refractivity contribution < 1.29 is 9.50 Å². The van der Waals surface area contributed by atoms with Crippen molar-refractivity contribution in [2.24, 2.45) is 0 Å². The smallest absolute Gasteiger partial charge is 0.145 e. The molecule has 6 heteroatoms. The van der Waals surface area contributed by atoms with Crippen LogP contribution in [0.4, 0.5) is 4.39 Å². The van der Waals surface area contributed by atoms with Crippen molar-refractivity contribution in [2.45, 2.75) is 0 Å². The van der Waals surface area contributed by atoms with Gasteiger partial charge < -0.3 is 10.1 Å². The standard InChI is InChI=1S/C13H7Cl2FN2O/c14-6-4-9-10(5-7(6)15)18-13(17-9)12-8(16)2-1-3-11(12)19/h1-5,19H,(H,17,18). The minimum Gasteiger partial charge on any atom is -0.507 e. The van der Waals surface area contributed by atoms with Crippen molar-refractivity contribution in [3.05, 3.63) is 46.2 Å². The van der Waals surface area contributed by atoms with Gasteiger partial charge in [-0.15, -0.1) is 0 Å². The quantitative estimate of drug-likeness (QED) is 0.700. The first-order chi connectivity index (χ1) is 9.06. The second kappa shape index (κ2) is 4.40. The van der Waals surface area contributed by atoms with Gasteiger partial charge >= 0.3 is 0 Å². The summed E-state index contributed by atoms with van der Waals surface area (Å²) >= 11 is 11.8. The molecule has 0 spiro atoms. The molecular formula is C13H7Cl2FN2O. The lowest BCUT2D eigenvalue weighted by Gasteiger charge is -2.01. The fourth-order valence-corrected chi connectivity index (χ4v) is 2.19. The summed E-state index contributed by atoms with van der Waals surface area (Å²) in [4.78, 5) is 7.12. The van der Waals surface area contributed by atoms with Gasteiger partial charge in [-0.2, -0.15) is 0 Å². The molecule has 2 N–H and O–H groups in total. The number of H-pyrrole nitrogens is 1. The molecule has 96 valence electrons. The minimum absolute atomic E-state index is 0.0194. The van der Waals surface area contributed by atoms with Gasteiger partial charge in [0.1, 0.15) is 17.4 Å². The van der Waals surface area contributed by atoms with Gasteiger partial charge in [-0.05, 0) is 24.3 Å². The van der Waals surface area contributed by atoms with Crippen LogP contribution in [0.25, 0.3) is 22.4 Å². The topological polar surface area (TPSA) is 48.9 Å². The Kier molecular flexibility index (Phi) is 2.84. The third-order valence-corrected chi connectivity index (χ3v) is 3.47. The first kappa shape index (κ1) is 12.3. The van der Waals surface area contributed by atoms with E-state index in [9.17, 15) is 9.50 Å². The fraction of sp³-hybridized carbons (Fsp3) is 0. The lowest BCUT2D eigenvalue weighted by Crippen LogP contribution is -1.86. The van der Waals surface area contributed by atoms with E-state index in [1.165, 1.54) is 18.2 Å². The summed E-state index contributed by atoms with van der Waals surface area (Å²) in [5.41, 5.74) is 1.19.